The molecule has 0 spiro atoms. The van der Waals surface area contributed by atoms with E-state index in [0.717, 1.165) is 64.2 Å². The third-order valence-corrected chi connectivity index (χ3v) is 5.35. The molecule has 3 rings (SSSR count). The molecule has 0 aliphatic carbocycles. The van der Waals surface area contributed by atoms with E-state index >= 15 is 0 Å². The summed E-state index contributed by atoms with van der Waals surface area (Å²) in [6.07, 6.45) is 2.13. The van der Waals surface area contributed by atoms with Crippen molar-refractivity contribution in [3.05, 3.63) is 71.3 Å². The molecule has 0 unspecified atom stereocenters. The van der Waals surface area contributed by atoms with Gasteiger partial charge in [-0.1, -0.05) is 42.5 Å². The van der Waals surface area contributed by atoms with Gasteiger partial charge in [0.15, 0.2) is 0 Å². The van der Waals surface area contributed by atoms with Crippen LogP contribution < -0.4 is 11.1 Å². The van der Waals surface area contributed by atoms with Gasteiger partial charge in [0.05, 0.1) is 0 Å². The molecule has 1 heterocycles. The molecule has 1 aliphatic rings. The third kappa shape index (κ3) is 6.44. The minimum absolute atomic E-state index is 0.00176. The zero-order chi connectivity index (χ0) is 19.6. The number of piperazine rings is 1. The number of hydrogen-bond donors (Lipinski definition) is 2. The van der Waals surface area contributed by atoms with Gasteiger partial charge in [0.2, 0.25) is 0 Å². The maximum atomic E-state index is 12.1. The standard InChI is InChI=1S/C23H32N4O/c24-18-20-8-10-22(11-9-20)23(28)25-12-4-5-13-26-14-16-27(17-15-26)19-21-6-2-1-3-7-21/h1-3,6-11H,4-5,12-19,24H2,(H,25,28). The van der Waals surface area contributed by atoms with E-state index in [1.807, 2.05) is 24.3 Å². The maximum Gasteiger partial charge on any atom is 0.251 e. The molecule has 1 saturated heterocycles. The van der Waals surface area contributed by atoms with Crippen molar-refractivity contribution >= 4 is 5.91 Å². The van der Waals surface area contributed by atoms with E-state index in [2.05, 4.69) is 45.4 Å². The summed E-state index contributed by atoms with van der Waals surface area (Å²) in [4.78, 5) is 17.2. The molecule has 0 atom stereocenters. The van der Waals surface area contributed by atoms with Crippen LogP contribution in [-0.2, 0) is 13.1 Å². The summed E-state index contributed by atoms with van der Waals surface area (Å²) in [6.45, 7) is 7.91. The molecular formula is C23H32N4O. The van der Waals surface area contributed by atoms with Gasteiger partial charge in [-0.2, -0.15) is 0 Å². The van der Waals surface area contributed by atoms with Gasteiger partial charge in [-0.3, -0.25) is 9.69 Å². The van der Waals surface area contributed by atoms with Crippen molar-refractivity contribution in [1.29, 1.82) is 0 Å². The van der Waals surface area contributed by atoms with Gasteiger partial charge in [0.1, 0.15) is 0 Å². The van der Waals surface area contributed by atoms with Crippen molar-refractivity contribution in [3.63, 3.8) is 0 Å². The van der Waals surface area contributed by atoms with Crippen molar-refractivity contribution in [2.24, 2.45) is 5.73 Å². The first-order valence-electron chi connectivity index (χ1n) is 10.3. The molecular weight excluding hydrogens is 348 g/mol. The third-order valence-electron chi connectivity index (χ3n) is 5.35. The topological polar surface area (TPSA) is 61.6 Å². The Morgan fingerprint density at radius 1 is 0.857 bits per heavy atom. The van der Waals surface area contributed by atoms with Gasteiger partial charge in [-0.25, -0.2) is 0 Å². The Bertz CT molecular complexity index is 709. The molecule has 1 amide bonds. The summed E-state index contributed by atoms with van der Waals surface area (Å²) >= 11 is 0. The second-order valence-electron chi connectivity index (χ2n) is 7.47. The highest BCUT2D eigenvalue weighted by molar-refractivity contribution is 5.94. The van der Waals surface area contributed by atoms with Crippen molar-refractivity contribution in [2.45, 2.75) is 25.9 Å². The Morgan fingerprint density at radius 2 is 1.54 bits per heavy atom. The summed E-state index contributed by atoms with van der Waals surface area (Å²) in [5.41, 5.74) is 8.72. The lowest BCUT2D eigenvalue weighted by Gasteiger charge is -2.34. The first-order chi connectivity index (χ1) is 13.7. The molecule has 28 heavy (non-hydrogen) atoms. The first-order valence-corrected chi connectivity index (χ1v) is 10.3. The lowest BCUT2D eigenvalue weighted by molar-refractivity contribution is 0.0951. The van der Waals surface area contributed by atoms with Gasteiger partial charge < -0.3 is 16.0 Å². The van der Waals surface area contributed by atoms with E-state index in [4.69, 9.17) is 5.73 Å². The smallest absolute Gasteiger partial charge is 0.251 e. The van der Waals surface area contributed by atoms with Crippen molar-refractivity contribution in [1.82, 2.24) is 15.1 Å². The van der Waals surface area contributed by atoms with E-state index in [9.17, 15) is 4.79 Å². The minimum Gasteiger partial charge on any atom is -0.352 e. The Hall–Kier alpha value is -2.21. The number of nitrogens with two attached hydrogens (primary N) is 1. The second kappa shape index (κ2) is 11.0. The van der Waals surface area contributed by atoms with Crippen LogP contribution in [0.2, 0.25) is 0 Å². The van der Waals surface area contributed by atoms with Crippen LogP contribution in [0, 0.1) is 0 Å². The number of rotatable bonds is 9. The second-order valence-corrected chi connectivity index (χ2v) is 7.47. The van der Waals surface area contributed by atoms with E-state index in [-0.39, 0.29) is 5.91 Å². The Kier molecular flexibility index (Phi) is 8.03. The SMILES string of the molecule is NCc1ccc(C(=O)NCCCCN2CCN(Cc3ccccc3)CC2)cc1. The molecule has 0 saturated carbocycles. The zero-order valence-electron chi connectivity index (χ0n) is 16.6. The molecule has 1 aliphatic heterocycles. The van der Waals surface area contributed by atoms with E-state index < -0.39 is 0 Å². The van der Waals surface area contributed by atoms with Crippen LogP contribution >= 0.6 is 0 Å². The van der Waals surface area contributed by atoms with Gasteiger partial charge in [0, 0.05) is 51.4 Å². The number of carbonyl (C=O) groups excluding carboxylic acids is 1. The molecule has 5 heteroatoms. The normalized spacial score (nSPS) is 15.5. The number of benzene rings is 2. The monoisotopic (exact) mass is 380 g/mol. The van der Waals surface area contributed by atoms with Crippen LogP contribution in [0.25, 0.3) is 0 Å². The van der Waals surface area contributed by atoms with E-state index in [1.54, 1.807) is 0 Å². The zero-order valence-corrected chi connectivity index (χ0v) is 16.6. The fourth-order valence-electron chi connectivity index (χ4n) is 3.57. The summed E-state index contributed by atoms with van der Waals surface area (Å²) < 4.78 is 0. The lowest BCUT2D eigenvalue weighted by Crippen LogP contribution is -2.46. The Morgan fingerprint density at radius 3 is 2.21 bits per heavy atom. The quantitative estimate of drug-likeness (QED) is 0.656. The largest absolute Gasteiger partial charge is 0.352 e. The summed E-state index contributed by atoms with van der Waals surface area (Å²) in [5.74, 6) is -0.00176. The van der Waals surface area contributed by atoms with Gasteiger partial charge in [0.25, 0.3) is 5.91 Å². The number of nitrogens with zero attached hydrogens (tertiary/aromatic N) is 2. The van der Waals surface area contributed by atoms with Crippen LogP contribution in [0.4, 0.5) is 0 Å². The first kappa shape index (κ1) is 20.5. The molecule has 2 aromatic carbocycles. The van der Waals surface area contributed by atoms with Crippen molar-refractivity contribution < 1.29 is 4.79 Å². The average Bonchev–Trinajstić information content (AvgIpc) is 2.75. The highest BCUT2D eigenvalue weighted by Crippen LogP contribution is 2.09. The average molecular weight is 381 g/mol. The van der Waals surface area contributed by atoms with Crippen molar-refractivity contribution in [2.75, 3.05) is 39.3 Å². The molecule has 1 fully saturated rings. The van der Waals surface area contributed by atoms with Crippen LogP contribution in [0.1, 0.15) is 34.3 Å². The maximum absolute atomic E-state index is 12.1. The summed E-state index contributed by atoms with van der Waals surface area (Å²) in [6, 6.07) is 18.2. The fraction of sp³-hybridized carbons (Fsp3) is 0.435. The van der Waals surface area contributed by atoms with Gasteiger partial charge in [-0.15, -0.1) is 0 Å². The molecule has 0 bridgehead atoms. The highest BCUT2D eigenvalue weighted by atomic mass is 16.1. The molecule has 150 valence electrons. The molecule has 5 nitrogen and oxygen atoms in total. The van der Waals surface area contributed by atoms with Crippen molar-refractivity contribution in [3.8, 4) is 0 Å². The summed E-state index contributed by atoms with van der Waals surface area (Å²) in [5, 5.41) is 3.01. The number of carbonyl (C=O) groups is 1. The van der Waals surface area contributed by atoms with Crippen LogP contribution in [0.5, 0.6) is 0 Å². The Labute approximate surface area is 168 Å². The number of nitrogens with one attached hydrogen (secondary N) is 1. The Balaban J connectivity index is 1.26. The molecule has 0 radical (unpaired) electrons. The molecule has 2 aromatic rings. The highest BCUT2D eigenvalue weighted by Gasteiger charge is 2.16. The van der Waals surface area contributed by atoms with Crippen LogP contribution in [-0.4, -0.2) is 55.0 Å². The predicted molar refractivity (Wildman–Crippen MR) is 114 cm³/mol. The number of unbranched alkanes of at least 4 members (excludes halogenated alkanes) is 1. The predicted octanol–water partition coefficient (Wildman–Crippen LogP) is 2.47. The summed E-state index contributed by atoms with van der Waals surface area (Å²) in [7, 11) is 0. The molecule has 3 N–H and O–H groups in total. The molecule has 0 aromatic heterocycles. The minimum atomic E-state index is -0.00176. The fourth-order valence-corrected chi connectivity index (χ4v) is 3.57. The van der Waals surface area contributed by atoms with Crippen LogP contribution in [0.3, 0.4) is 0 Å². The number of amides is 1. The van der Waals surface area contributed by atoms with Gasteiger partial charge in [-0.05, 0) is 42.6 Å². The number of hydrogen-bond acceptors (Lipinski definition) is 4. The van der Waals surface area contributed by atoms with Gasteiger partial charge >= 0.3 is 0 Å². The van der Waals surface area contributed by atoms with Crippen LogP contribution in [0.15, 0.2) is 54.6 Å². The van der Waals surface area contributed by atoms with E-state index in [1.165, 1.54) is 5.56 Å². The lowest BCUT2D eigenvalue weighted by atomic mass is 10.1. The van der Waals surface area contributed by atoms with E-state index in [0.29, 0.717) is 12.1 Å².